The molecule has 106 valence electrons. The maximum atomic E-state index is 12.1. The predicted octanol–water partition coefficient (Wildman–Crippen LogP) is 2.14. The number of carbonyl (C=O) groups is 1. The zero-order chi connectivity index (χ0) is 14.9. The van der Waals surface area contributed by atoms with E-state index in [4.69, 9.17) is 21.2 Å². The van der Waals surface area contributed by atoms with E-state index >= 15 is 0 Å². The van der Waals surface area contributed by atoms with Crippen LogP contribution in [-0.4, -0.2) is 24.7 Å². The van der Waals surface area contributed by atoms with Crippen LogP contribution in [0.2, 0.25) is 5.02 Å². The molecule has 0 fully saturated rings. The highest BCUT2D eigenvalue weighted by Crippen LogP contribution is 2.25. The maximum Gasteiger partial charge on any atom is 0.335 e. The fourth-order valence-corrected chi connectivity index (χ4v) is 2.96. The maximum absolute atomic E-state index is 12.1. The monoisotopic (exact) mass is 316 g/mol. The second-order valence-corrected chi connectivity index (χ2v) is 5.94. The molecule has 1 aromatic carbocycles. The molecule has 0 aliphatic rings. The van der Waals surface area contributed by atoms with E-state index in [0.717, 1.165) is 6.07 Å². The Hall–Kier alpha value is -2.06. The third-order valence-electron chi connectivity index (χ3n) is 2.33. The van der Waals surface area contributed by atoms with Crippen LogP contribution in [0.1, 0.15) is 16.1 Å². The van der Waals surface area contributed by atoms with Crippen LogP contribution in [0.25, 0.3) is 0 Å². The Morgan fingerprint density at radius 1 is 1.40 bits per heavy atom. The molecule has 0 amide bonds. The van der Waals surface area contributed by atoms with Crippen LogP contribution in [0.3, 0.4) is 0 Å². The van der Waals surface area contributed by atoms with Crippen molar-refractivity contribution in [3.05, 3.63) is 40.6 Å². The molecule has 0 saturated carbocycles. The molecule has 2 rings (SSSR count). The Morgan fingerprint density at radius 3 is 2.65 bits per heavy atom. The Labute approximate surface area is 119 Å². The number of aryl methyl sites for hydroxylation is 1. The summed E-state index contributed by atoms with van der Waals surface area (Å²) in [5, 5.41) is 12.3. The lowest BCUT2D eigenvalue weighted by Crippen LogP contribution is -2.14. The summed E-state index contributed by atoms with van der Waals surface area (Å²) in [5.74, 6) is -0.845. The second kappa shape index (κ2) is 5.14. The number of sulfonamides is 1. The van der Waals surface area contributed by atoms with Crippen molar-refractivity contribution in [2.75, 3.05) is 4.72 Å². The number of nitrogens with zero attached hydrogens (tertiary/aromatic N) is 1. The van der Waals surface area contributed by atoms with Gasteiger partial charge in [0.2, 0.25) is 0 Å². The summed E-state index contributed by atoms with van der Waals surface area (Å²) in [6, 6.07) is 4.77. The number of carboxylic acids is 1. The summed E-state index contributed by atoms with van der Waals surface area (Å²) >= 11 is 5.80. The number of carboxylic acid groups (broad SMARTS) is 1. The summed E-state index contributed by atoms with van der Waals surface area (Å²) in [5.41, 5.74) is -0.189. The highest BCUT2D eigenvalue weighted by atomic mass is 35.5. The van der Waals surface area contributed by atoms with Gasteiger partial charge in [-0.2, -0.15) is 0 Å². The SMILES string of the molecule is Cc1cc(NS(=O)(=O)c2cc(C(=O)O)ccc2Cl)no1. The predicted molar refractivity (Wildman–Crippen MR) is 70.5 cm³/mol. The van der Waals surface area contributed by atoms with Crippen molar-refractivity contribution in [1.82, 2.24) is 5.16 Å². The van der Waals surface area contributed by atoms with Gasteiger partial charge in [0.15, 0.2) is 5.82 Å². The molecule has 1 aromatic heterocycles. The smallest absolute Gasteiger partial charge is 0.335 e. The molecule has 0 aliphatic heterocycles. The number of aromatic nitrogens is 1. The van der Waals surface area contributed by atoms with E-state index in [0.29, 0.717) is 5.76 Å². The first-order valence-corrected chi connectivity index (χ1v) is 7.15. The van der Waals surface area contributed by atoms with Gasteiger partial charge in [-0.05, 0) is 25.1 Å². The van der Waals surface area contributed by atoms with E-state index in [9.17, 15) is 13.2 Å². The molecular weight excluding hydrogens is 308 g/mol. The van der Waals surface area contributed by atoms with Crippen LogP contribution in [0, 0.1) is 6.92 Å². The Kier molecular flexibility index (Phi) is 3.69. The van der Waals surface area contributed by atoms with Gasteiger partial charge in [0.05, 0.1) is 10.6 Å². The van der Waals surface area contributed by atoms with Gasteiger partial charge < -0.3 is 9.63 Å². The molecule has 0 unspecified atom stereocenters. The van der Waals surface area contributed by atoms with Crippen LogP contribution in [0.5, 0.6) is 0 Å². The van der Waals surface area contributed by atoms with Gasteiger partial charge in [-0.1, -0.05) is 16.8 Å². The van der Waals surface area contributed by atoms with Gasteiger partial charge in [-0.15, -0.1) is 0 Å². The quantitative estimate of drug-likeness (QED) is 0.894. The Morgan fingerprint density at radius 2 is 2.10 bits per heavy atom. The van der Waals surface area contributed by atoms with Crippen molar-refractivity contribution in [1.29, 1.82) is 0 Å². The van der Waals surface area contributed by atoms with Crippen LogP contribution in [-0.2, 0) is 10.0 Å². The minimum Gasteiger partial charge on any atom is -0.478 e. The average Bonchev–Trinajstić information content (AvgIpc) is 2.73. The summed E-state index contributed by atoms with van der Waals surface area (Å²) in [6.45, 7) is 1.60. The molecule has 0 bridgehead atoms. The largest absolute Gasteiger partial charge is 0.478 e. The molecule has 2 N–H and O–H groups in total. The lowest BCUT2D eigenvalue weighted by molar-refractivity contribution is 0.0696. The molecule has 0 radical (unpaired) electrons. The first-order valence-electron chi connectivity index (χ1n) is 5.28. The molecule has 0 saturated heterocycles. The standard InChI is InChI=1S/C11H9ClN2O5S/c1-6-4-10(13-19-6)14-20(17,18)9-5-7(11(15)16)2-3-8(9)12/h2-5H,1H3,(H,13,14)(H,15,16). The normalized spacial score (nSPS) is 11.3. The van der Waals surface area contributed by atoms with Crippen LogP contribution in [0.15, 0.2) is 33.7 Å². The number of rotatable bonds is 4. The van der Waals surface area contributed by atoms with Gasteiger partial charge >= 0.3 is 5.97 Å². The van der Waals surface area contributed by atoms with Gasteiger partial charge in [0.1, 0.15) is 10.7 Å². The molecule has 7 nitrogen and oxygen atoms in total. The molecule has 9 heteroatoms. The van der Waals surface area contributed by atoms with Gasteiger partial charge in [0.25, 0.3) is 10.0 Å². The summed E-state index contributed by atoms with van der Waals surface area (Å²) in [6.07, 6.45) is 0. The van der Waals surface area contributed by atoms with E-state index in [1.165, 1.54) is 18.2 Å². The number of anilines is 1. The summed E-state index contributed by atoms with van der Waals surface area (Å²) in [4.78, 5) is 10.5. The van der Waals surface area contributed by atoms with Gasteiger partial charge in [-0.3, -0.25) is 4.72 Å². The Balaban J connectivity index is 2.43. The van der Waals surface area contributed by atoms with Crippen molar-refractivity contribution >= 4 is 33.4 Å². The van der Waals surface area contributed by atoms with Gasteiger partial charge in [0, 0.05) is 6.07 Å². The van der Waals surface area contributed by atoms with Crippen LogP contribution >= 0.6 is 11.6 Å². The highest BCUT2D eigenvalue weighted by molar-refractivity contribution is 7.92. The number of hydrogen-bond acceptors (Lipinski definition) is 5. The van der Waals surface area contributed by atoms with E-state index in [1.807, 2.05) is 0 Å². The van der Waals surface area contributed by atoms with Crippen molar-refractivity contribution < 1.29 is 22.8 Å². The first kappa shape index (κ1) is 14.4. The van der Waals surface area contributed by atoms with Crippen LogP contribution < -0.4 is 4.72 Å². The zero-order valence-corrected chi connectivity index (χ0v) is 11.7. The minimum atomic E-state index is -4.05. The van der Waals surface area contributed by atoms with Crippen molar-refractivity contribution in [2.45, 2.75) is 11.8 Å². The third kappa shape index (κ3) is 2.91. The molecule has 1 heterocycles. The van der Waals surface area contributed by atoms with Crippen molar-refractivity contribution in [3.63, 3.8) is 0 Å². The molecule has 0 spiro atoms. The number of halogens is 1. The fourth-order valence-electron chi connectivity index (χ4n) is 1.45. The first-order chi connectivity index (χ1) is 9.29. The Bertz CT molecular complexity index is 769. The highest BCUT2D eigenvalue weighted by Gasteiger charge is 2.21. The molecule has 2 aromatic rings. The third-order valence-corrected chi connectivity index (χ3v) is 4.17. The van der Waals surface area contributed by atoms with Crippen molar-refractivity contribution in [2.24, 2.45) is 0 Å². The molecule has 0 atom stereocenters. The van der Waals surface area contributed by atoms with Crippen LogP contribution in [0.4, 0.5) is 5.82 Å². The minimum absolute atomic E-state index is 0.0145. The van der Waals surface area contributed by atoms with E-state index in [-0.39, 0.29) is 21.3 Å². The van der Waals surface area contributed by atoms with E-state index < -0.39 is 16.0 Å². The number of nitrogens with one attached hydrogen (secondary N) is 1. The lowest BCUT2D eigenvalue weighted by Gasteiger charge is -2.07. The molecule has 0 aliphatic carbocycles. The fraction of sp³-hybridized carbons (Fsp3) is 0.0909. The van der Waals surface area contributed by atoms with Gasteiger partial charge in [-0.25, -0.2) is 13.2 Å². The topological polar surface area (TPSA) is 110 Å². The number of benzene rings is 1. The number of aromatic carboxylic acids is 1. The van der Waals surface area contributed by atoms with E-state index in [2.05, 4.69) is 9.88 Å². The summed E-state index contributed by atoms with van der Waals surface area (Å²) < 4.78 is 31.2. The van der Waals surface area contributed by atoms with Crippen molar-refractivity contribution in [3.8, 4) is 0 Å². The molecular formula is C11H9ClN2O5S. The second-order valence-electron chi connectivity index (χ2n) is 3.88. The summed E-state index contributed by atoms with van der Waals surface area (Å²) in [7, 11) is -4.05. The van der Waals surface area contributed by atoms with E-state index in [1.54, 1.807) is 6.92 Å². The number of hydrogen-bond donors (Lipinski definition) is 2. The zero-order valence-electron chi connectivity index (χ0n) is 10.1. The average molecular weight is 317 g/mol. The lowest BCUT2D eigenvalue weighted by atomic mass is 10.2. The molecule has 20 heavy (non-hydrogen) atoms.